The number of nitrogens with zero attached hydrogens (tertiary/aromatic N) is 1. The van der Waals surface area contributed by atoms with Gasteiger partial charge in [0.25, 0.3) is 0 Å². The van der Waals surface area contributed by atoms with Gasteiger partial charge in [-0.05, 0) is 29.8 Å². The fourth-order valence-electron chi connectivity index (χ4n) is 2.03. The van der Waals surface area contributed by atoms with E-state index in [1.807, 2.05) is 0 Å². The lowest BCUT2D eigenvalue weighted by Crippen LogP contribution is -2.37. The van der Waals surface area contributed by atoms with Crippen molar-refractivity contribution in [2.45, 2.75) is 6.54 Å². The van der Waals surface area contributed by atoms with Crippen LogP contribution in [0.5, 0.6) is 17.2 Å². The number of hydrogen-bond donors (Lipinski definition) is 3. The zero-order valence-electron chi connectivity index (χ0n) is 14.4. The van der Waals surface area contributed by atoms with Gasteiger partial charge in [0.1, 0.15) is 5.75 Å². The Kier molecular flexibility index (Phi) is 6.55. The number of ether oxygens (including phenoxy) is 2. The number of rotatable bonds is 6. The maximum Gasteiger partial charge on any atom is 0.329 e. The van der Waals surface area contributed by atoms with Crippen LogP contribution in [0.4, 0.5) is 0 Å². The molecular weight excluding hydrogens is 338 g/mol. The minimum absolute atomic E-state index is 0.114. The summed E-state index contributed by atoms with van der Waals surface area (Å²) in [5, 5.41) is 16.0. The van der Waals surface area contributed by atoms with Crippen molar-refractivity contribution in [1.82, 2.24) is 10.7 Å². The van der Waals surface area contributed by atoms with E-state index in [9.17, 15) is 14.7 Å². The molecule has 0 saturated carbocycles. The Balaban J connectivity index is 1.86. The number of phenols is 1. The Morgan fingerprint density at radius 1 is 1.08 bits per heavy atom. The van der Waals surface area contributed by atoms with Crippen LogP contribution in [0.25, 0.3) is 0 Å². The summed E-state index contributed by atoms with van der Waals surface area (Å²) in [7, 11) is 2.98. The zero-order chi connectivity index (χ0) is 18.9. The van der Waals surface area contributed by atoms with Crippen LogP contribution in [0, 0.1) is 0 Å². The molecule has 0 unspecified atom stereocenters. The normalized spacial score (nSPS) is 10.4. The van der Waals surface area contributed by atoms with E-state index in [2.05, 4.69) is 15.8 Å². The zero-order valence-corrected chi connectivity index (χ0v) is 14.4. The third kappa shape index (κ3) is 4.97. The summed E-state index contributed by atoms with van der Waals surface area (Å²) < 4.78 is 10.0. The largest absolute Gasteiger partial charge is 0.504 e. The molecule has 0 saturated heterocycles. The third-order valence-electron chi connectivity index (χ3n) is 3.44. The van der Waals surface area contributed by atoms with Crippen LogP contribution in [0.1, 0.15) is 11.1 Å². The average Bonchev–Trinajstić information content (AvgIpc) is 2.67. The Hall–Kier alpha value is -3.55. The number of carbonyl (C=O) groups is 2. The summed E-state index contributed by atoms with van der Waals surface area (Å²) in [6.45, 7) is 0.191. The van der Waals surface area contributed by atoms with Crippen molar-refractivity contribution in [3.8, 4) is 17.2 Å². The number of hydrogen-bond acceptors (Lipinski definition) is 6. The van der Waals surface area contributed by atoms with Crippen LogP contribution >= 0.6 is 0 Å². The number of carbonyl (C=O) groups excluding carboxylic acids is 2. The van der Waals surface area contributed by atoms with Crippen LogP contribution in [-0.2, 0) is 16.1 Å². The van der Waals surface area contributed by atoms with E-state index in [4.69, 9.17) is 9.47 Å². The van der Waals surface area contributed by atoms with Gasteiger partial charge in [-0.25, -0.2) is 5.43 Å². The average molecular weight is 357 g/mol. The molecule has 0 fully saturated rings. The summed E-state index contributed by atoms with van der Waals surface area (Å²) in [6.07, 6.45) is 1.21. The Labute approximate surface area is 150 Å². The van der Waals surface area contributed by atoms with Crippen molar-refractivity contribution in [1.29, 1.82) is 0 Å². The maximum atomic E-state index is 11.8. The minimum atomic E-state index is -0.919. The summed E-state index contributed by atoms with van der Waals surface area (Å²) in [6, 6.07) is 11.9. The van der Waals surface area contributed by atoms with Crippen LogP contribution in [0.15, 0.2) is 47.6 Å². The molecule has 26 heavy (non-hydrogen) atoms. The van der Waals surface area contributed by atoms with Gasteiger partial charge in [-0.15, -0.1) is 0 Å². The van der Waals surface area contributed by atoms with E-state index in [0.29, 0.717) is 11.3 Å². The van der Waals surface area contributed by atoms with Gasteiger partial charge in [0.2, 0.25) is 0 Å². The molecule has 0 bridgehead atoms. The second-order valence-electron chi connectivity index (χ2n) is 5.13. The molecule has 3 N–H and O–H groups in total. The Morgan fingerprint density at radius 2 is 1.81 bits per heavy atom. The van der Waals surface area contributed by atoms with Gasteiger partial charge in [0.05, 0.1) is 20.4 Å². The molecule has 2 amide bonds. The first-order chi connectivity index (χ1) is 12.5. The molecule has 2 aromatic carbocycles. The second-order valence-corrected chi connectivity index (χ2v) is 5.13. The van der Waals surface area contributed by atoms with E-state index >= 15 is 0 Å². The SMILES string of the molecule is COc1ccc(CNC(=O)C(=O)NN=Cc2cccc(OC)c2O)cc1. The van der Waals surface area contributed by atoms with E-state index < -0.39 is 11.8 Å². The molecule has 0 aromatic heterocycles. The minimum Gasteiger partial charge on any atom is -0.504 e. The van der Waals surface area contributed by atoms with Gasteiger partial charge in [-0.3, -0.25) is 9.59 Å². The van der Waals surface area contributed by atoms with Crippen LogP contribution in [0.3, 0.4) is 0 Å². The van der Waals surface area contributed by atoms with Gasteiger partial charge in [-0.1, -0.05) is 18.2 Å². The molecular formula is C18H19N3O5. The monoisotopic (exact) mass is 357 g/mol. The highest BCUT2D eigenvalue weighted by Crippen LogP contribution is 2.27. The number of methoxy groups -OCH3 is 2. The molecule has 2 aromatic rings. The lowest BCUT2D eigenvalue weighted by atomic mass is 10.2. The van der Waals surface area contributed by atoms with Gasteiger partial charge in [0.15, 0.2) is 11.5 Å². The van der Waals surface area contributed by atoms with Crippen LogP contribution in [0.2, 0.25) is 0 Å². The summed E-state index contributed by atoms with van der Waals surface area (Å²) in [5.41, 5.74) is 3.25. The summed E-state index contributed by atoms with van der Waals surface area (Å²) in [5.74, 6) is -0.882. The molecule has 0 aliphatic carbocycles. The lowest BCUT2D eigenvalue weighted by molar-refractivity contribution is -0.139. The maximum absolute atomic E-state index is 11.8. The van der Waals surface area contributed by atoms with Gasteiger partial charge < -0.3 is 19.9 Å². The van der Waals surface area contributed by atoms with E-state index in [0.717, 1.165) is 5.56 Å². The van der Waals surface area contributed by atoms with E-state index in [1.165, 1.54) is 13.3 Å². The molecule has 2 rings (SSSR count). The molecule has 0 atom stereocenters. The highest BCUT2D eigenvalue weighted by atomic mass is 16.5. The molecule has 136 valence electrons. The third-order valence-corrected chi connectivity index (χ3v) is 3.44. The number of benzene rings is 2. The molecule has 0 heterocycles. The van der Waals surface area contributed by atoms with Crippen molar-refractivity contribution in [2.75, 3.05) is 14.2 Å². The second kappa shape index (κ2) is 9.07. The van der Waals surface area contributed by atoms with Crippen molar-refractivity contribution in [3.63, 3.8) is 0 Å². The first-order valence-corrected chi connectivity index (χ1v) is 7.65. The first-order valence-electron chi connectivity index (χ1n) is 7.65. The molecule has 0 aliphatic heterocycles. The number of hydrazone groups is 1. The predicted octanol–water partition coefficient (Wildman–Crippen LogP) is 1.18. The van der Waals surface area contributed by atoms with Crippen molar-refractivity contribution in [3.05, 3.63) is 53.6 Å². The predicted molar refractivity (Wildman–Crippen MR) is 95.2 cm³/mol. The van der Waals surface area contributed by atoms with Crippen LogP contribution in [-0.4, -0.2) is 37.4 Å². The van der Waals surface area contributed by atoms with Crippen LogP contribution < -0.4 is 20.2 Å². The highest BCUT2D eigenvalue weighted by molar-refractivity contribution is 6.35. The summed E-state index contributed by atoms with van der Waals surface area (Å²) in [4.78, 5) is 23.5. The van der Waals surface area contributed by atoms with Crippen molar-refractivity contribution >= 4 is 18.0 Å². The standard InChI is InChI=1S/C18H19N3O5/c1-25-14-8-6-12(7-9-14)10-19-17(23)18(24)21-20-11-13-4-3-5-15(26-2)16(13)22/h3-9,11,22H,10H2,1-2H3,(H,19,23)(H,21,24). The number of phenolic OH excluding ortho intramolecular Hbond substituents is 1. The molecule has 0 spiro atoms. The molecule has 0 radical (unpaired) electrons. The van der Waals surface area contributed by atoms with Gasteiger partial charge in [0, 0.05) is 12.1 Å². The molecule has 0 aliphatic rings. The van der Waals surface area contributed by atoms with E-state index in [1.54, 1.807) is 49.6 Å². The fraction of sp³-hybridized carbons (Fsp3) is 0.167. The lowest BCUT2D eigenvalue weighted by Gasteiger charge is -2.06. The smallest absolute Gasteiger partial charge is 0.329 e. The number of nitrogens with one attached hydrogen (secondary N) is 2. The molecule has 8 nitrogen and oxygen atoms in total. The summed E-state index contributed by atoms with van der Waals surface area (Å²) >= 11 is 0. The fourth-order valence-corrected chi connectivity index (χ4v) is 2.03. The number of para-hydroxylation sites is 1. The number of amides is 2. The Morgan fingerprint density at radius 3 is 2.46 bits per heavy atom. The topological polar surface area (TPSA) is 109 Å². The Bertz CT molecular complexity index is 803. The number of aromatic hydroxyl groups is 1. The van der Waals surface area contributed by atoms with Gasteiger partial charge in [-0.2, -0.15) is 5.10 Å². The highest BCUT2D eigenvalue weighted by Gasteiger charge is 2.12. The quantitative estimate of drug-likeness (QED) is 0.409. The van der Waals surface area contributed by atoms with Crippen molar-refractivity contribution < 1.29 is 24.2 Å². The molecule has 8 heteroatoms. The van der Waals surface area contributed by atoms with Gasteiger partial charge >= 0.3 is 11.8 Å². The first kappa shape index (κ1) is 18.8. The van der Waals surface area contributed by atoms with E-state index in [-0.39, 0.29) is 18.0 Å². The van der Waals surface area contributed by atoms with Crippen molar-refractivity contribution in [2.24, 2.45) is 5.10 Å².